The van der Waals surface area contributed by atoms with Gasteiger partial charge in [-0.1, -0.05) is 46.2 Å². The minimum absolute atomic E-state index is 0.0520. The molecular weight excluding hydrogens is 312 g/mol. The normalized spacial score (nSPS) is 24.0. The highest BCUT2D eigenvalue weighted by molar-refractivity contribution is 5.79. The van der Waals surface area contributed by atoms with Crippen LogP contribution >= 0.6 is 0 Å². The number of aromatic nitrogens is 2. The van der Waals surface area contributed by atoms with Gasteiger partial charge < -0.3 is 9.30 Å². The summed E-state index contributed by atoms with van der Waals surface area (Å²) in [5, 5.41) is 0. The van der Waals surface area contributed by atoms with Crippen molar-refractivity contribution in [2.24, 2.45) is 17.8 Å². The van der Waals surface area contributed by atoms with Crippen LogP contribution in [-0.4, -0.2) is 21.6 Å². The molecule has 2 unspecified atom stereocenters. The Bertz CT molecular complexity index is 735. The van der Waals surface area contributed by atoms with Crippen LogP contribution in [0.2, 0.25) is 0 Å². The molecule has 0 spiro atoms. The standard InChI is InChI=1S/C21H30N2O2/c1-5-20-22-17-8-6-7-9-18(17)23(20)13-21(24)25-19-12-15(4)10-11-16(19)14(2)3/h6-9,14-16,19H,5,10-13H2,1-4H3/t15?,16?,19-/m1/s1. The highest BCUT2D eigenvalue weighted by Crippen LogP contribution is 2.35. The summed E-state index contributed by atoms with van der Waals surface area (Å²) in [6.07, 6.45) is 4.24. The monoisotopic (exact) mass is 342 g/mol. The predicted molar refractivity (Wildman–Crippen MR) is 100 cm³/mol. The lowest BCUT2D eigenvalue weighted by atomic mass is 9.75. The number of aryl methyl sites for hydroxylation is 1. The number of rotatable bonds is 5. The lowest BCUT2D eigenvalue weighted by Crippen LogP contribution is -2.36. The molecule has 0 radical (unpaired) electrons. The zero-order valence-corrected chi connectivity index (χ0v) is 15.9. The summed E-state index contributed by atoms with van der Waals surface area (Å²) in [7, 11) is 0. The topological polar surface area (TPSA) is 44.1 Å². The number of para-hydroxylation sites is 2. The lowest BCUT2D eigenvalue weighted by molar-refractivity contribution is -0.156. The van der Waals surface area contributed by atoms with E-state index in [0.29, 0.717) is 17.8 Å². The molecule has 1 saturated carbocycles. The van der Waals surface area contributed by atoms with Gasteiger partial charge in [-0.2, -0.15) is 0 Å². The number of carbonyl (C=O) groups excluding carboxylic acids is 1. The minimum atomic E-state index is -0.136. The van der Waals surface area contributed by atoms with Gasteiger partial charge in [-0.15, -0.1) is 0 Å². The van der Waals surface area contributed by atoms with Crippen LogP contribution in [0.15, 0.2) is 24.3 Å². The van der Waals surface area contributed by atoms with Crippen LogP contribution in [0.5, 0.6) is 0 Å². The summed E-state index contributed by atoms with van der Waals surface area (Å²) in [6.45, 7) is 9.05. The molecule has 1 aliphatic rings. The Kier molecular flexibility index (Phi) is 5.45. The molecule has 0 aliphatic heterocycles. The van der Waals surface area contributed by atoms with E-state index in [0.717, 1.165) is 36.1 Å². The fourth-order valence-corrected chi connectivity index (χ4v) is 4.16. The fourth-order valence-electron chi connectivity index (χ4n) is 4.16. The number of benzene rings is 1. The number of ether oxygens (including phenoxy) is 1. The van der Waals surface area contributed by atoms with Crippen LogP contribution in [0.4, 0.5) is 0 Å². The molecule has 0 bridgehead atoms. The molecule has 4 heteroatoms. The number of nitrogens with zero attached hydrogens (tertiary/aromatic N) is 2. The SMILES string of the molecule is CCc1nc2ccccc2n1CC(=O)O[C@@H]1CC(C)CCC1C(C)C. The second kappa shape index (κ2) is 7.59. The Hall–Kier alpha value is -1.84. The molecule has 3 atom stereocenters. The summed E-state index contributed by atoms with van der Waals surface area (Å²) in [5.41, 5.74) is 1.95. The highest BCUT2D eigenvalue weighted by atomic mass is 16.5. The van der Waals surface area contributed by atoms with Gasteiger partial charge in [0.1, 0.15) is 18.5 Å². The average Bonchev–Trinajstić information content (AvgIpc) is 2.92. The number of hydrogen-bond donors (Lipinski definition) is 0. The molecule has 1 aliphatic carbocycles. The van der Waals surface area contributed by atoms with Crippen molar-refractivity contribution in [1.82, 2.24) is 9.55 Å². The number of carbonyl (C=O) groups is 1. The first-order valence-electron chi connectivity index (χ1n) is 9.63. The van der Waals surface area contributed by atoms with Crippen LogP contribution in [0.25, 0.3) is 11.0 Å². The Labute approximate surface area is 150 Å². The molecule has 1 fully saturated rings. The third kappa shape index (κ3) is 3.88. The number of hydrogen-bond acceptors (Lipinski definition) is 3. The molecule has 2 aromatic rings. The fraction of sp³-hybridized carbons (Fsp3) is 0.619. The van der Waals surface area contributed by atoms with Gasteiger partial charge in [0.2, 0.25) is 0 Å². The summed E-state index contributed by atoms with van der Waals surface area (Å²) in [6, 6.07) is 7.99. The van der Waals surface area contributed by atoms with Crippen molar-refractivity contribution in [3.05, 3.63) is 30.1 Å². The molecule has 0 N–H and O–H groups in total. The molecule has 3 rings (SSSR count). The van der Waals surface area contributed by atoms with E-state index in [9.17, 15) is 4.79 Å². The van der Waals surface area contributed by atoms with E-state index >= 15 is 0 Å². The van der Waals surface area contributed by atoms with Gasteiger partial charge in [0.25, 0.3) is 0 Å². The Morgan fingerprint density at radius 1 is 1.32 bits per heavy atom. The Morgan fingerprint density at radius 3 is 2.80 bits per heavy atom. The van der Waals surface area contributed by atoms with E-state index in [1.165, 1.54) is 6.42 Å². The molecule has 25 heavy (non-hydrogen) atoms. The van der Waals surface area contributed by atoms with E-state index in [-0.39, 0.29) is 18.6 Å². The van der Waals surface area contributed by atoms with E-state index in [1.807, 2.05) is 28.8 Å². The number of esters is 1. The van der Waals surface area contributed by atoms with Gasteiger partial charge in [-0.25, -0.2) is 4.98 Å². The molecule has 1 heterocycles. The first kappa shape index (κ1) is 18.0. The zero-order valence-electron chi connectivity index (χ0n) is 15.9. The largest absolute Gasteiger partial charge is 0.461 e. The molecule has 1 aromatic carbocycles. The van der Waals surface area contributed by atoms with Gasteiger partial charge in [0.15, 0.2) is 0 Å². The van der Waals surface area contributed by atoms with Gasteiger partial charge in [0.05, 0.1) is 11.0 Å². The van der Waals surface area contributed by atoms with Crippen molar-refractivity contribution in [1.29, 1.82) is 0 Å². The van der Waals surface area contributed by atoms with E-state index in [1.54, 1.807) is 0 Å². The molecule has 4 nitrogen and oxygen atoms in total. The van der Waals surface area contributed by atoms with Crippen LogP contribution < -0.4 is 0 Å². The first-order chi connectivity index (χ1) is 12.0. The summed E-state index contributed by atoms with van der Waals surface area (Å²) < 4.78 is 7.98. The molecule has 0 amide bonds. The third-order valence-corrected chi connectivity index (χ3v) is 5.58. The van der Waals surface area contributed by atoms with Crippen LogP contribution in [0.3, 0.4) is 0 Å². The van der Waals surface area contributed by atoms with Crippen LogP contribution in [-0.2, 0) is 22.5 Å². The quantitative estimate of drug-likeness (QED) is 0.746. The molecular formula is C21H30N2O2. The maximum atomic E-state index is 12.7. The summed E-state index contributed by atoms with van der Waals surface area (Å²) in [5.74, 6) is 2.46. The van der Waals surface area contributed by atoms with Crippen molar-refractivity contribution in [2.75, 3.05) is 0 Å². The van der Waals surface area contributed by atoms with Crippen molar-refractivity contribution in [3.8, 4) is 0 Å². The zero-order chi connectivity index (χ0) is 18.0. The van der Waals surface area contributed by atoms with Crippen molar-refractivity contribution in [2.45, 2.75) is 66.0 Å². The Balaban J connectivity index is 1.76. The van der Waals surface area contributed by atoms with Crippen molar-refractivity contribution >= 4 is 17.0 Å². The predicted octanol–water partition coefficient (Wildman–Crippen LogP) is 4.60. The smallest absolute Gasteiger partial charge is 0.326 e. The second-order valence-electron chi connectivity index (χ2n) is 7.81. The van der Waals surface area contributed by atoms with Gasteiger partial charge >= 0.3 is 5.97 Å². The lowest BCUT2D eigenvalue weighted by Gasteiger charge is -2.36. The van der Waals surface area contributed by atoms with Crippen molar-refractivity contribution in [3.63, 3.8) is 0 Å². The summed E-state index contributed by atoms with van der Waals surface area (Å²) >= 11 is 0. The molecule has 136 valence electrons. The van der Waals surface area contributed by atoms with Gasteiger partial charge in [0, 0.05) is 6.42 Å². The first-order valence-corrected chi connectivity index (χ1v) is 9.63. The second-order valence-corrected chi connectivity index (χ2v) is 7.81. The van der Waals surface area contributed by atoms with Crippen molar-refractivity contribution < 1.29 is 9.53 Å². The van der Waals surface area contributed by atoms with Gasteiger partial charge in [-0.3, -0.25) is 4.79 Å². The van der Waals surface area contributed by atoms with Gasteiger partial charge in [-0.05, 0) is 42.7 Å². The minimum Gasteiger partial charge on any atom is -0.461 e. The van der Waals surface area contributed by atoms with Crippen LogP contribution in [0.1, 0.15) is 52.8 Å². The molecule has 1 aromatic heterocycles. The van der Waals surface area contributed by atoms with E-state index in [4.69, 9.17) is 4.74 Å². The molecule has 0 saturated heterocycles. The maximum absolute atomic E-state index is 12.7. The number of fused-ring (bicyclic) bond motifs is 1. The highest BCUT2D eigenvalue weighted by Gasteiger charge is 2.33. The van der Waals surface area contributed by atoms with E-state index < -0.39 is 0 Å². The summed E-state index contributed by atoms with van der Waals surface area (Å²) in [4.78, 5) is 17.3. The Morgan fingerprint density at radius 2 is 2.08 bits per heavy atom. The average molecular weight is 342 g/mol. The van der Waals surface area contributed by atoms with E-state index in [2.05, 4.69) is 32.7 Å². The number of imidazole rings is 1. The third-order valence-electron chi connectivity index (χ3n) is 5.58. The van der Waals surface area contributed by atoms with Crippen LogP contribution in [0, 0.1) is 17.8 Å². The maximum Gasteiger partial charge on any atom is 0.326 e.